The molecule has 0 aliphatic heterocycles. The number of methoxy groups -OCH3 is 1. The summed E-state index contributed by atoms with van der Waals surface area (Å²) in [7, 11) is 3.41. The minimum Gasteiger partial charge on any atom is -0.495 e. The third-order valence-electron chi connectivity index (χ3n) is 1.72. The smallest absolute Gasteiger partial charge is 0.265 e. The fourth-order valence-electron chi connectivity index (χ4n) is 1.01. The van der Waals surface area contributed by atoms with E-state index >= 15 is 0 Å². The number of ether oxygens (including phenoxy) is 1. The normalized spacial score (nSPS) is 9.86. The molecule has 78 valence electrons. The van der Waals surface area contributed by atoms with Crippen LogP contribution in [0.2, 0.25) is 0 Å². The fourth-order valence-corrected chi connectivity index (χ4v) is 1.78. The largest absolute Gasteiger partial charge is 0.495 e. The maximum atomic E-state index is 11.6. The highest BCUT2D eigenvalue weighted by molar-refractivity contribution is 7.12. The minimum absolute atomic E-state index is 0.0768. The third kappa shape index (κ3) is 2.71. The van der Waals surface area contributed by atoms with Crippen LogP contribution < -0.4 is 15.4 Å². The van der Waals surface area contributed by atoms with Crippen molar-refractivity contribution in [1.29, 1.82) is 0 Å². The van der Waals surface area contributed by atoms with E-state index in [1.807, 2.05) is 12.4 Å². The minimum atomic E-state index is -0.0768. The molecule has 4 nitrogen and oxygen atoms in total. The number of likely N-dealkylation sites (N-methyl/N-ethyl adjacent to an activating group) is 1. The molecule has 1 heterocycles. The number of nitrogens with one attached hydrogen (secondary N) is 2. The lowest BCUT2D eigenvalue weighted by molar-refractivity contribution is 0.0955. The van der Waals surface area contributed by atoms with Crippen molar-refractivity contribution in [3.8, 4) is 5.75 Å². The van der Waals surface area contributed by atoms with Crippen molar-refractivity contribution in [2.45, 2.75) is 0 Å². The molecule has 2 N–H and O–H groups in total. The van der Waals surface area contributed by atoms with Crippen LogP contribution in [0.1, 0.15) is 9.67 Å². The molecule has 0 radical (unpaired) electrons. The number of thiophene rings is 1. The summed E-state index contributed by atoms with van der Waals surface area (Å²) in [6, 6.07) is 1.79. The SMILES string of the molecule is CNCCNC(=O)c1sccc1OC. The first-order valence-corrected chi connectivity index (χ1v) is 5.22. The van der Waals surface area contributed by atoms with Gasteiger partial charge in [0, 0.05) is 13.1 Å². The second-order valence-corrected chi connectivity index (χ2v) is 3.59. The van der Waals surface area contributed by atoms with E-state index in [1.54, 1.807) is 13.2 Å². The Kier molecular flexibility index (Phi) is 4.42. The van der Waals surface area contributed by atoms with Gasteiger partial charge in [0.1, 0.15) is 10.6 Å². The van der Waals surface area contributed by atoms with Gasteiger partial charge < -0.3 is 15.4 Å². The Morgan fingerprint density at radius 1 is 1.57 bits per heavy atom. The number of hydrogen-bond acceptors (Lipinski definition) is 4. The molecule has 0 spiro atoms. The van der Waals surface area contributed by atoms with E-state index in [-0.39, 0.29) is 5.91 Å². The monoisotopic (exact) mass is 214 g/mol. The van der Waals surface area contributed by atoms with Gasteiger partial charge in [-0.25, -0.2) is 0 Å². The molecular weight excluding hydrogens is 200 g/mol. The van der Waals surface area contributed by atoms with Gasteiger partial charge in [-0.2, -0.15) is 0 Å². The predicted octanol–water partition coefficient (Wildman–Crippen LogP) is 0.706. The Bertz CT molecular complexity index is 299. The quantitative estimate of drug-likeness (QED) is 0.710. The summed E-state index contributed by atoms with van der Waals surface area (Å²) in [5.74, 6) is 0.559. The molecule has 0 aromatic carbocycles. The van der Waals surface area contributed by atoms with Crippen LogP contribution in [0.4, 0.5) is 0 Å². The van der Waals surface area contributed by atoms with E-state index in [2.05, 4.69) is 10.6 Å². The Labute approximate surface area is 87.3 Å². The lowest BCUT2D eigenvalue weighted by atomic mass is 10.4. The highest BCUT2D eigenvalue weighted by Gasteiger charge is 2.12. The predicted molar refractivity (Wildman–Crippen MR) is 57.1 cm³/mol. The molecule has 1 aromatic rings. The van der Waals surface area contributed by atoms with Crippen LogP contribution in [0.5, 0.6) is 5.75 Å². The summed E-state index contributed by atoms with van der Waals surface area (Å²) in [5, 5.41) is 7.58. The molecule has 1 rings (SSSR count). The first-order valence-electron chi connectivity index (χ1n) is 4.34. The van der Waals surface area contributed by atoms with Crippen molar-refractivity contribution in [2.75, 3.05) is 27.2 Å². The zero-order valence-electron chi connectivity index (χ0n) is 8.29. The van der Waals surface area contributed by atoms with Gasteiger partial charge in [0.25, 0.3) is 5.91 Å². The summed E-state index contributed by atoms with van der Waals surface area (Å²) in [5.41, 5.74) is 0. The maximum Gasteiger partial charge on any atom is 0.265 e. The van der Waals surface area contributed by atoms with Crippen LogP contribution in [-0.4, -0.2) is 33.2 Å². The Balaban J connectivity index is 2.51. The first-order chi connectivity index (χ1) is 6.79. The van der Waals surface area contributed by atoms with Gasteiger partial charge in [-0.15, -0.1) is 11.3 Å². The van der Waals surface area contributed by atoms with Gasteiger partial charge >= 0.3 is 0 Å². The van der Waals surface area contributed by atoms with Crippen LogP contribution in [0, 0.1) is 0 Å². The molecule has 0 aliphatic carbocycles. The van der Waals surface area contributed by atoms with Crippen LogP contribution in [0.15, 0.2) is 11.4 Å². The van der Waals surface area contributed by atoms with E-state index in [0.717, 1.165) is 6.54 Å². The summed E-state index contributed by atoms with van der Waals surface area (Å²) in [6.45, 7) is 1.38. The topological polar surface area (TPSA) is 50.4 Å². The molecule has 0 bridgehead atoms. The van der Waals surface area contributed by atoms with Gasteiger partial charge in [0.05, 0.1) is 7.11 Å². The average Bonchev–Trinajstić information content (AvgIpc) is 2.65. The molecule has 1 aromatic heterocycles. The summed E-state index contributed by atoms with van der Waals surface area (Å²) >= 11 is 1.38. The number of rotatable bonds is 5. The zero-order chi connectivity index (χ0) is 10.4. The van der Waals surface area contributed by atoms with E-state index in [9.17, 15) is 4.79 Å². The molecule has 0 saturated carbocycles. The number of carbonyl (C=O) groups excluding carboxylic acids is 1. The van der Waals surface area contributed by atoms with Gasteiger partial charge in [-0.1, -0.05) is 0 Å². The second kappa shape index (κ2) is 5.62. The number of carbonyl (C=O) groups is 1. The Hall–Kier alpha value is -1.07. The summed E-state index contributed by atoms with van der Waals surface area (Å²) < 4.78 is 5.05. The van der Waals surface area contributed by atoms with Crippen molar-refractivity contribution < 1.29 is 9.53 Å². The summed E-state index contributed by atoms with van der Waals surface area (Å²) in [4.78, 5) is 12.2. The van der Waals surface area contributed by atoms with Crippen LogP contribution in [-0.2, 0) is 0 Å². The van der Waals surface area contributed by atoms with Crippen molar-refractivity contribution in [3.05, 3.63) is 16.3 Å². The van der Waals surface area contributed by atoms with Crippen molar-refractivity contribution in [2.24, 2.45) is 0 Å². The van der Waals surface area contributed by atoms with E-state index in [1.165, 1.54) is 11.3 Å². The lowest BCUT2D eigenvalue weighted by Crippen LogP contribution is -2.30. The van der Waals surface area contributed by atoms with Gasteiger partial charge in [-0.05, 0) is 18.5 Å². The standard InChI is InChI=1S/C9H14N2O2S/c1-10-4-5-11-9(12)8-7(13-2)3-6-14-8/h3,6,10H,4-5H2,1-2H3,(H,11,12). The Morgan fingerprint density at radius 2 is 2.36 bits per heavy atom. The van der Waals surface area contributed by atoms with Crippen molar-refractivity contribution in [3.63, 3.8) is 0 Å². The highest BCUT2D eigenvalue weighted by atomic mass is 32.1. The number of amides is 1. The van der Waals surface area contributed by atoms with Crippen LogP contribution >= 0.6 is 11.3 Å². The zero-order valence-corrected chi connectivity index (χ0v) is 9.11. The van der Waals surface area contributed by atoms with E-state index in [4.69, 9.17) is 4.74 Å². The maximum absolute atomic E-state index is 11.6. The molecular formula is C9H14N2O2S. The second-order valence-electron chi connectivity index (χ2n) is 2.68. The molecule has 0 fully saturated rings. The van der Waals surface area contributed by atoms with Gasteiger partial charge in [0.2, 0.25) is 0 Å². The molecule has 0 atom stereocenters. The number of hydrogen-bond donors (Lipinski definition) is 2. The first kappa shape index (κ1) is 11.0. The highest BCUT2D eigenvalue weighted by Crippen LogP contribution is 2.23. The van der Waals surface area contributed by atoms with E-state index in [0.29, 0.717) is 17.2 Å². The van der Waals surface area contributed by atoms with E-state index < -0.39 is 0 Å². The van der Waals surface area contributed by atoms with Crippen LogP contribution in [0.25, 0.3) is 0 Å². The lowest BCUT2D eigenvalue weighted by Gasteiger charge is -2.04. The molecule has 1 amide bonds. The van der Waals surface area contributed by atoms with Gasteiger partial charge in [-0.3, -0.25) is 4.79 Å². The van der Waals surface area contributed by atoms with Crippen molar-refractivity contribution in [1.82, 2.24) is 10.6 Å². The molecule has 14 heavy (non-hydrogen) atoms. The molecule has 5 heteroatoms. The molecule has 0 aliphatic rings. The summed E-state index contributed by atoms with van der Waals surface area (Å²) in [6.07, 6.45) is 0. The van der Waals surface area contributed by atoms with Crippen molar-refractivity contribution >= 4 is 17.2 Å². The van der Waals surface area contributed by atoms with Crippen LogP contribution in [0.3, 0.4) is 0 Å². The molecule has 0 unspecified atom stereocenters. The average molecular weight is 214 g/mol. The fraction of sp³-hybridized carbons (Fsp3) is 0.444. The molecule has 0 saturated heterocycles. The Morgan fingerprint density at radius 3 is 3.00 bits per heavy atom. The third-order valence-corrected chi connectivity index (χ3v) is 2.61. The van der Waals surface area contributed by atoms with Gasteiger partial charge in [0.15, 0.2) is 0 Å².